The van der Waals surface area contributed by atoms with Crippen molar-refractivity contribution >= 4 is 23.1 Å². The number of aliphatic hydroxyl groups is 1. The van der Waals surface area contributed by atoms with Crippen molar-refractivity contribution in [1.82, 2.24) is 14.6 Å². The van der Waals surface area contributed by atoms with Gasteiger partial charge in [0.15, 0.2) is 0 Å². The maximum Gasteiger partial charge on any atom is 0.241 e. The third-order valence-electron chi connectivity index (χ3n) is 5.99. The van der Waals surface area contributed by atoms with Crippen LogP contribution < -0.4 is 10.2 Å². The van der Waals surface area contributed by atoms with Gasteiger partial charge in [-0.05, 0) is 51.5 Å². The van der Waals surface area contributed by atoms with Crippen LogP contribution in [0.15, 0.2) is 12.3 Å². The number of hydrogen-bond acceptors (Lipinski definition) is 5. The number of aromatic nitrogens is 3. The maximum absolute atomic E-state index is 12.3. The summed E-state index contributed by atoms with van der Waals surface area (Å²) >= 11 is 0. The third kappa shape index (κ3) is 3.52. The minimum Gasteiger partial charge on any atom is -0.393 e. The first-order valence-corrected chi connectivity index (χ1v) is 10.2. The van der Waals surface area contributed by atoms with E-state index >= 15 is 0 Å². The summed E-state index contributed by atoms with van der Waals surface area (Å²) in [7, 11) is 0. The number of hydrogen-bond donors (Lipinski definition) is 2. The predicted octanol–water partition coefficient (Wildman–Crippen LogP) is 3.09. The van der Waals surface area contributed by atoms with Crippen LogP contribution in [0.4, 0.5) is 11.6 Å². The highest BCUT2D eigenvalue weighted by molar-refractivity contribution is 5.99. The molecule has 1 aliphatic carbocycles. The Labute approximate surface area is 159 Å². The zero-order valence-electron chi connectivity index (χ0n) is 16.2. The van der Waals surface area contributed by atoms with E-state index in [0.717, 1.165) is 62.0 Å². The molecular weight excluding hydrogens is 342 g/mol. The van der Waals surface area contributed by atoms with E-state index in [2.05, 4.69) is 30.2 Å². The lowest BCUT2D eigenvalue weighted by molar-refractivity contribution is -0.117. The third-order valence-corrected chi connectivity index (χ3v) is 5.99. The molecule has 2 fully saturated rings. The van der Waals surface area contributed by atoms with Gasteiger partial charge < -0.3 is 15.3 Å². The number of aliphatic hydroxyl groups excluding tert-OH is 1. The van der Waals surface area contributed by atoms with E-state index in [1.807, 2.05) is 15.6 Å². The monoisotopic (exact) mass is 371 g/mol. The van der Waals surface area contributed by atoms with Gasteiger partial charge in [-0.1, -0.05) is 6.92 Å². The molecule has 1 atom stereocenters. The molecule has 0 aromatic carbocycles. The second kappa shape index (κ2) is 7.46. The van der Waals surface area contributed by atoms with Gasteiger partial charge in [0.25, 0.3) is 0 Å². The van der Waals surface area contributed by atoms with Crippen molar-refractivity contribution in [3.05, 3.63) is 18.0 Å². The molecule has 0 radical (unpaired) electrons. The van der Waals surface area contributed by atoms with Crippen molar-refractivity contribution in [2.24, 2.45) is 0 Å². The first kappa shape index (κ1) is 18.2. The number of amides is 1. The molecule has 146 valence electrons. The second-order valence-electron chi connectivity index (χ2n) is 7.94. The lowest BCUT2D eigenvalue weighted by atomic mass is 9.85. The maximum atomic E-state index is 12.3. The highest BCUT2D eigenvalue weighted by Gasteiger charge is 2.29. The van der Waals surface area contributed by atoms with Crippen molar-refractivity contribution < 1.29 is 9.90 Å². The molecule has 2 aromatic rings. The Morgan fingerprint density at radius 2 is 2.11 bits per heavy atom. The number of nitrogens with one attached hydrogen (secondary N) is 1. The van der Waals surface area contributed by atoms with E-state index in [9.17, 15) is 9.90 Å². The number of anilines is 2. The minimum absolute atomic E-state index is 0.176. The van der Waals surface area contributed by atoms with Crippen molar-refractivity contribution in [3.8, 4) is 0 Å². The summed E-state index contributed by atoms with van der Waals surface area (Å²) in [6.07, 6.45) is 7.67. The molecule has 1 saturated carbocycles. The van der Waals surface area contributed by atoms with Gasteiger partial charge in [-0.15, -0.1) is 5.10 Å². The van der Waals surface area contributed by atoms with E-state index in [4.69, 9.17) is 5.10 Å². The molecule has 27 heavy (non-hydrogen) atoms. The Kier molecular flexibility index (Phi) is 5.04. The fourth-order valence-corrected chi connectivity index (χ4v) is 4.17. The molecule has 0 unspecified atom stereocenters. The quantitative estimate of drug-likeness (QED) is 0.844. The largest absolute Gasteiger partial charge is 0.393 e. The van der Waals surface area contributed by atoms with Crippen LogP contribution in [0.1, 0.15) is 70.4 Å². The molecule has 0 bridgehead atoms. The Balaban J connectivity index is 1.76. The zero-order valence-corrected chi connectivity index (χ0v) is 16.2. The van der Waals surface area contributed by atoms with Crippen LogP contribution in [-0.4, -0.2) is 44.3 Å². The molecule has 2 aromatic heterocycles. The molecule has 2 aliphatic rings. The van der Waals surface area contributed by atoms with Crippen molar-refractivity contribution in [2.75, 3.05) is 16.8 Å². The molecule has 3 heterocycles. The highest BCUT2D eigenvalue weighted by Crippen LogP contribution is 2.38. The summed E-state index contributed by atoms with van der Waals surface area (Å²) in [4.78, 5) is 18.7. The summed E-state index contributed by atoms with van der Waals surface area (Å²) in [6.45, 7) is 5.00. The molecule has 1 amide bonds. The van der Waals surface area contributed by atoms with Crippen LogP contribution in [0.3, 0.4) is 0 Å². The van der Waals surface area contributed by atoms with Crippen LogP contribution in [0, 0.1) is 0 Å². The molecule has 0 spiro atoms. The molecular formula is C20H29N5O2. The fraction of sp³-hybridized carbons (Fsp3) is 0.650. The lowest BCUT2D eigenvalue weighted by Gasteiger charge is -2.25. The normalized spacial score (nSPS) is 24.6. The van der Waals surface area contributed by atoms with Crippen LogP contribution in [0.5, 0.6) is 0 Å². The van der Waals surface area contributed by atoms with Crippen molar-refractivity contribution in [2.45, 2.75) is 76.9 Å². The van der Waals surface area contributed by atoms with Gasteiger partial charge in [-0.25, -0.2) is 9.50 Å². The summed E-state index contributed by atoms with van der Waals surface area (Å²) in [6, 6.07) is 2.42. The number of rotatable bonds is 5. The van der Waals surface area contributed by atoms with Gasteiger partial charge in [0.1, 0.15) is 5.52 Å². The summed E-state index contributed by atoms with van der Waals surface area (Å²) in [5.74, 6) is 1.14. The average molecular weight is 371 g/mol. The molecule has 1 saturated heterocycles. The highest BCUT2D eigenvalue weighted by atomic mass is 16.3. The van der Waals surface area contributed by atoms with Gasteiger partial charge in [0.2, 0.25) is 11.9 Å². The number of nitrogens with zero attached hydrogens (tertiary/aromatic N) is 4. The van der Waals surface area contributed by atoms with E-state index in [1.54, 1.807) is 0 Å². The predicted molar refractivity (Wildman–Crippen MR) is 105 cm³/mol. The zero-order chi connectivity index (χ0) is 19.0. The minimum atomic E-state index is -0.190. The number of carbonyl (C=O) groups is 1. The standard InChI is InChI=1S/C20H29N5O2/c1-3-13(2)22-20-21-12-18-17(24-10-4-5-19(24)27)11-16(25(18)23-20)14-6-8-15(26)9-7-14/h11-15,26H,3-10H2,1-2H3,(H,22,23)/t13-,14?,15?/m0/s1. The summed E-state index contributed by atoms with van der Waals surface area (Å²) < 4.78 is 1.97. The van der Waals surface area contributed by atoms with Crippen molar-refractivity contribution in [3.63, 3.8) is 0 Å². The van der Waals surface area contributed by atoms with Gasteiger partial charge in [0.05, 0.1) is 18.0 Å². The van der Waals surface area contributed by atoms with Crippen LogP contribution >= 0.6 is 0 Å². The van der Waals surface area contributed by atoms with Gasteiger partial charge in [-0.3, -0.25) is 4.79 Å². The molecule has 1 aliphatic heterocycles. The fourth-order valence-electron chi connectivity index (χ4n) is 4.17. The molecule has 2 N–H and O–H groups in total. The molecule has 7 heteroatoms. The number of fused-ring (bicyclic) bond motifs is 1. The molecule has 7 nitrogen and oxygen atoms in total. The first-order chi connectivity index (χ1) is 13.1. The smallest absolute Gasteiger partial charge is 0.241 e. The van der Waals surface area contributed by atoms with Crippen molar-refractivity contribution in [1.29, 1.82) is 0 Å². The second-order valence-corrected chi connectivity index (χ2v) is 7.94. The van der Waals surface area contributed by atoms with E-state index in [0.29, 0.717) is 24.3 Å². The summed E-state index contributed by atoms with van der Waals surface area (Å²) in [5, 5.41) is 18.0. The van der Waals surface area contributed by atoms with Gasteiger partial charge >= 0.3 is 0 Å². The Bertz CT molecular complexity index is 825. The van der Waals surface area contributed by atoms with Gasteiger partial charge in [-0.2, -0.15) is 0 Å². The van der Waals surface area contributed by atoms with Crippen LogP contribution in [-0.2, 0) is 4.79 Å². The topological polar surface area (TPSA) is 82.8 Å². The van der Waals surface area contributed by atoms with E-state index in [1.165, 1.54) is 0 Å². The lowest BCUT2D eigenvalue weighted by Crippen LogP contribution is -2.23. The Hall–Kier alpha value is -2.15. The Morgan fingerprint density at radius 1 is 1.33 bits per heavy atom. The van der Waals surface area contributed by atoms with Gasteiger partial charge in [0, 0.05) is 30.6 Å². The molecule has 4 rings (SSSR count). The SMILES string of the molecule is CC[C@H](C)Nc1ncc2c(N3CCCC3=O)cc(C3CCC(O)CC3)n2n1. The average Bonchev–Trinajstić information content (AvgIpc) is 3.25. The van der Waals surface area contributed by atoms with E-state index in [-0.39, 0.29) is 12.0 Å². The van der Waals surface area contributed by atoms with Crippen LogP contribution in [0.25, 0.3) is 5.52 Å². The summed E-state index contributed by atoms with van der Waals surface area (Å²) in [5.41, 5.74) is 2.94. The first-order valence-electron chi connectivity index (χ1n) is 10.2. The van der Waals surface area contributed by atoms with E-state index < -0.39 is 0 Å². The number of carbonyl (C=O) groups excluding carboxylic acids is 1. The Morgan fingerprint density at radius 3 is 2.78 bits per heavy atom. The van der Waals surface area contributed by atoms with Crippen LogP contribution in [0.2, 0.25) is 0 Å².